The van der Waals surface area contributed by atoms with Crippen molar-refractivity contribution in [2.24, 2.45) is 0 Å². The lowest BCUT2D eigenvalue weighted by atomic mass is 10.0. The molecule has 0 bridgehead atoms. The second kappa shape index (κ2) is 5.10. The Labute approximate surface area is 111 Å². The van der Waals surface area contributed by atoms with Gasteiger partial charge in [0.15, 0.2) is 0 Å². The van der Waals surface area contributed by atoms with E-state index in [2.05, 4.69) is 0 Å². The summed E-state index contributed by atoms with van der Waals surface area (Å²) in [6.45, 7) is 1.49. The molecule has 0 saturated heterocycles. The number of carboxylic acid groups (broad SMARTS) is 1. The largest absolute Gasteiger partial charge is 0.480 e. The number of carbonyl (C=O) groups is 2. The minimum Gasteiger partial charge on any atom is -0.480 e. The molecule has 1 unspecified atom stereocenters. The van der Waals surface area contributed by atoms with Crippen LogP contribution in [0.1, 0.15) is 17.3 Å². The van der Waals surface area contributed by atoms with Crippen LogP contribution in [0.5, 0.6) is 0 Å². The highest BCUT2D eigenvalue weighted by atomic mass is 16.4. The minimum absolute atomic E-state index is 0.285. The number of rotatable bonds is 3. The van der Waals surface area contributed by atoms with Gasteiger partial charge >= 0.3 is 5.97 Å². The van der Waals surface area contributed by atoms with Gasteiger partial charge in [0.2, 0.25) is 0 Å². The molecule has 0 spiro atoms. The summed E-state index contributed by atoms with van der Waals surface area (Å²) >= 11 is 0. The Hall–Kier alpha value is -2.36. The highest BCUT2D eigenvalue weighted by Gasteiger charge is 2.23. The monoisotopic (exact) mass is 257 g/mol. The molecule has 0 aliphatic heterocycles. The molecule has 0 aliphatic rings. The molecule has 4 heteroatoms. The van der Waals surface area contributed by atoms with Crippen molar-refractivity contribution in [2.45, 2.75) is 13.0 Å². The molecule has 2 rings (SSSR count). The van der Waals surface area contributed by atoms with Crippen LogP contribution in [0.25, 0.3) is 10.8 Å². The first kappa shape index (κ1) is 13.1. The summed E-state index contributed by atoms with van der Waals surface area (Å²) < 4.78 is 0. The standard InChI is InChI=1S/C15H15NO3/c1-10(15(18)19)16(2)14(17)13-9-5-7-11-6-3-4-8-12(11)13/h3-10H,1-2H3,(H,18,19). The van der Waals surface area contributed by atoms with E-state index in [4.69, 9.17) is 5.11 Å². The molecule has 1 N–H and O–H groups in total. The van der Waals surface area contributed by atoms with Crippen molar-refractivity contribution in [1.29, 1.82) is 0 Å². The summed E-state index contributed by atoms with van der Waals surface area (Å²) in [4.78, 5) is 24.6. The molecular formula is C15H15NO3. The highest BCUT2D eigenvalue weighted by molar-refractivity contribution is 6.07. The number of fused-ring (bicyclic) bond motifs is 1. The van der Waals surface area contributed by atoms with Gasteiger partial charge < -0.3 is 10.0 Å². The predicted molar refractivity (Wildman–Crippen MR) is 73.1 cm³/mol. The molecule has 19 heavy (non-hydrogen) atoms. The van der Waals surface area contributed by atoms with Crippen LogP contribution in [0, 0.1) is 0 Å². The molecule has 1 atom stereocenters. The summed E-state index contributed by atoms with van der Waals surface area (Å²) in [7, 11) is 1.50. The van der Waals surface area contributed by atoms with E-state index in [0.717, 1.165) is 10.8 Å². The number of nitrogens with zero attached hydrogens (tertiary/aromatic N) is 1. The fourth-order valence-electron chi connectivity index (χ4n) is 1.94. The Balaban J connectivity index is 2.44. The molecule has 0 aliphatic carbocycles. The van der Waals surface area contributed by atoms with Crippen LogP contribution in [0.4, 0.5) is 0 Å². The fraction of sp³-hybridized carbons (Fsp3) is 0.200. The van der Waals surface area contributed by atoms with Gasteiger partial charge in [0.25, 0.3) is 5.91 Å². The van der Waals surface area contributed by atoms with E-state index < -0.39 is 12.0 Å². The zero-order chi connectivity index (χ0) is 14.0. The first-order chi connectivity index (χ1) is 9.02. The first-order valence-corrected chi connectivity index (χ1v) is 6.00. The number of hydrogen-bond acceptors (Lipinski definition) is 2. The van der Waals surface area contributed by atoms with Gasteiger partial charge in [0.1, 0.15) is 6.04 Å². The second-order valence-corrected chi connectivity index (χ2v) is 4.46. The lowest BCUT2D eigenvalue weighted by molar-refractivity contribution is -0.141. The molecule has 0 radical (unpaired) electrons. The van der Waals surface area contributed by atoms with Gasteiger partial charge in [-0.2, -0.15) is 0 Å². The number of benzene rings is 2. The Morgan fingerprint density at radius 3 is 2.42 bits per heavy atom. The molecular weight excluding hydrogens is 242 g/mol. The maximum Gasteiger partial charge on any atom is 0.326 e. The number of carboxylic acids is 1. The van der Waals surface area contributed by atoms with Crippen LogP contribution in [0.2, 0.25) is 0 Å². The van der Waals surface area contributed by atoms with Gasteiger partial charge in [-0.15, -0.1) is 0 Å². The maximum atomic E-state index is 12.4. The highest BCUT2D eigenvalue weighted by Crippen LogP contribution is 2.20. The molecule has 98 valence electrons. The van der Waals surface area contributed by atoms with E-state index in [1.165, 1.54) is 18.9 Å². The summed E-state index contributed by atoms with van der Waals surface area (Å²) in [6.07, 6.45) is 0. The zero-order valence-electron chi connectivity index (χ0n) is 10.8. The summed E-state index contributed by atoms with van der Waals surface area (Å²) in [6, 6.07) is 12.1. The van der Waals surface area contributed by atoms with Crippen molar-refractivity contribution >= 4 is 22.6 Å². The van der Waals surface area contributed by atoms with E-state index in [1.807, 2.05) is 30.3 Å². The maximum absolute atomic E-state index is 12.4. The number of hydrogen-bond donors (Lipinski definition) is 1. The Morgan fingerprint density at radius 1 is 1.11 bits per heavy atom. The van der Waals surface area contributed by atoms with Crippen molar-refractivity contribution in [3.8, 4) is 0 Å². The second-order valence-electron chi connectivity index (χ2n) is 4.46. The van der Waals surface area contributed by atoms with Crippen molar-refractivity contribution in [1.82, 2.24) is 4.90 Å². The Kier molecular flexibility index (Phi) is 3.51. The molecule has 2 aromatic carbocycles. The SMILES string of the molecule is CC(C(=O)O)N(C)C(=O)c1cccc2ccccc12. The van der Waals surface area contributed by atoms with Crippen LogP contribution in [-0.4, -0.2) is 35.0 Å². The van der Waals surface area contributed by atoms with E-state index in [0.29, 0.717) is 5.56 Å². The summed E-state index contributed by atoms with van der Waals surface area (Å²) in [5, 5.41) is 10.8. The van der Waals surface area contributed by atoms with E-state index >= 15 is 0 Å². The van der Waals surface area contributed by atoms with Gasteiger partial charge in [-0.1, -0.05) is 36.4 Å². The Bertz CT molecular complexity index is 631. The molecule has 0 saturated carbocycles. The lowest BCUT2D eigenvalue weighted by Crippen LogP contribution is -2.40. The third-order valence-corrected chi connectivity index (χ3v) is 3.28. The average Bonchev–Trinajstić information content (AvgIpc) is 2.44. The number of carbonyl (C=O) groups excluding carboxylic acids is 1. The molecule has 4 nitrogen and oxygen atoms in total. The topological polar surface area (TPSA) is 57.6 Å². The van der Waals surface area contributed by atoms with Crippen LogP contribution in [0.3, 0.4) is 0 Å². The van der Waals surface area contributed by atoms with E-state index in [1.54, 1.807) is 12.1 Å². The molecule has 0 aromatic heterocycles. The van der Waals surface area contributed by atoms with E-state index in [9.17, 15) is 9.59 Å². The molecule has 2 aromatic rings. The fourth-order valence-corrected chi connectivity index (χ4v) is 1.94. The Morgan fingerprint density at radius 2 is 1.74 bits per heavy atom. The third kappa shape index (κ3) is 2.42. The summed E-state index contributed by atoms with van der Waals surface area (Å²) in [5.41, 5.74) is 0.522. The van der Waals surface area contributed by atoms with Crippen molar-refractivity contribution in [2.75, 3.05) is 7.05 Å². The van der Waals surface area contributed by atoms with Crippen LogP contribution < -0.4 is 0 Å². The first-order valence-electron chi connectivity index (χ1n) is 6.00. The average molecular weight is 257 g/mol. The van der Waals surface area contributed by atoms with Gasteiger partial charge in [-0.3, -0.25) is 4.79 Å². The van der Waals surface area contributed by atoms with Crippen molar-refractivity contribution < 1.29 is 14.7 Å². The minimum atomic E-state index is -1.02. The van der Waals surface area contributed by atoms with Crippen molar-refractivity contribution in [3.05, 3.63) is 48.0 Å². The summed E-state index contributed by atoms with van der Waals surface area (Å²) in [5.74, 6) is -1.30. The molecule has 1 amide bonds. The van der Waals surface area contributed by atoms with Crippen molar-refractivity contribution in [3.63, 3.8) is 0 Å². The number of aliphatic carboxylic acids is 1. The quantitative estimate of drug-likeness (QED) is 0.918. The van der Waals surface area contributed by atoms with Crippen LogP contribution in [0.15, 0.2) is 42.5 Å². The van der Waals surface area contributed by atoms with Gasteiger partial charge in [0, 0.05) is 12.6 Å². The number of amides is 1. The predicted octanol–water partition coefficient (Wildman–Crippen LogP) is 2.38. The zero-order valence-corrected chi connectivity index (χ0v) is 10.8. The normalized spacial score (nSPS) is 12.1. The van der Waals surface area contributed by atoms with Gasteiger partial charge in [0.05, 0.1) is 0 Å². The third-order valence-electron chi connectivity index (χ3n) is 3.28. The van der Waals surface area contributed by atoms with Gasteiger partial charge in [-0.25, -0.2) is 4.79 Å². The van der Waals surface area contributed by atoms with E-state index in [-0.39, 0.29) is 5.91 Å². The van der Waals surface area contributed by atoms with Crippen LogP contribution in [-0.2, 0) is 4.79 Å². The molecule has 0 heterocycles. The van der Waals surface area contributed by atoms with Gasteiger partial charge in [-0.05, 0) is 23.8 Å². The smallest absolute Gasteiger partial charge is 0.326 e. The molecule has 0 fully saturated rings. The lowest BCUT2D eigenvalue weighted by Gasteiger charge is -2.22. The number of likely N-dealkylation sites (N-methyl/N-ethyl adjacent to an activating group) is 1. The van der Waals surface area contributed by atoms with Crippen LogP contribution >= 0.6 is 0 Å².